The third-order valence-electron chi connectivity index (χ3n) is 5.10. The molecule has 0 saturated carbocycles. The van der Waals surface area contributed by atoms with Crippen molar-refractivity contribution in [1.82, 2.24) is 5.32 Å². The van der Waals surface area contributed by atoms with Gasteiger partial charge in [0.2, 0.25) is 10.0 Å². The van der Waals surface area contributed by atoms with Crippen LogP contribution in [0, 0.1) is 6.92 Å². The molecule has 0 aromatic heterocycles. The minimum absolute atomic E-state index is 0.0548. The first kappa shape index (κ1) is 21.0. The number of aryl methyl sites for hydroxylation is 2. The van der Waals surface area contributed by atoms with Crippen LogP contribution < -0.4 is 10.5 Å². The highest BCUT2D eigenvalue weighted by molar-refractivity contribution is 7.89. The van der Waals surface area contributed by atoms with Crippen LogP contribution in [0.5, 0.6) is 0 Å². The van der Waals surface area contributed by atoms with Crippen molar-refractivity contribution in [3.05, 3.63) is 64.7 Å². The third kappa shape index (κ3) is 4.83. The summed E-state index contributed by atoms with van der Waals surface area (Å²) in [7, 11) is -3.96. The lowest BCUT2D eigenvalue weighted by Gasteiger charge is -2.27. The second kappa shape index (κ2) is 8.34. The molecule has 8 heteroatoms. The molecule has 154 valence electrons. The molecule has 0 spiro atoms. The standard InChI is InChI=1S/C21H24N2O5S/c1-13-10-11-16(29(22,26)27)12-18(13)21(25)28-14(2)20(24)23-19-9-5-7-15-6-3-4-8-17(15)19/h3-4,6,8,10-12,14,19H,5,7,9H2,1-2H3,(H,23,24)(H2,22,26,27)/t14-,19+/m0/s1. The van der Waals surface area contributed by atoms with Crippen LogP contribution in [0.2, 0.25) is 0 Å². The number of esters is 1. The maximum atomic E-state index is 12.6. The van der Waals surface area contributed by atoms with Crippen LogP contribution in [-0.2, 0) is 26.0 Å². The van der Waals surface area contributed by atoms with Gasteiger partial charge in [0.05, 0.1) is 16.5 Å². The topological polar surface area (TPSA) is 116 Å². The molecule has 3 rings (SSSR count). The van der Waals surface area contributed by atoms with E-state index in [1.54, 1.807) is 6.92 Å². The zero-order chi connectivity index (χ0) is 21.2. The second-order valence-electron chi connectivity index (χ2n) is 7.22. The summed E-state index contributed by atoms with van der Waals surface area (Å²) in [5.41, 5.74) is 2.88. The van der Waals surface area contributed by atoms with Gasteiger partial charge >= 0.3 is 5.97 Å². The highest BCUT2D eigenvalue weighted by atomic mass is 32.2. The maximum Gasteiger partial charge on any atom is 0.339 e. The lowest BCUT2D eigenvalue weighted by atomic mass is 9.87. The molecule has 7 nitrogen and oxygen atoms in total. The van der Waals surface area contributed by atoms with Gasteiger partial charge in [-0.3, -0.25) is 4.79 Å². The van der Waals surface area contributed by atoms with Crippen LogP contribution in [0.4, 0.5) is 0 Å². The number of primary sulfonamides is 1. The van der Waals surface area contributed by atoms with Crippen LogP contribution >= 0.6 is 0 Å². The minimum Gasteiger partial charge on any atom is -0.449 e. The Hall–Kier alpha value is -2.71. The number of hydrogen-bond donors (Lipinski definition) is 2. The molecule has 0 radical (unpaired) electrons. The van der Waals surface area contributed by atoms with E-state index < -0.39 is 28.0 Å². The third-order valence-corrected chi connectivity index (χ3v) is 6.01. The molecule has 1 aliphatic rings. The minimum atomic E-state index is -3.96. The number of benzene rings is 2. The molecule has 0 fully saturated rings. The summed E-state index contributed by atoms with van der Waals surface area (Å²) in [5.74, 6) is -1.18. The summed E-state index contributed by atoms with van der Waals surface area (Å²) < 4.78 is 28.4. The zero-order valence-electron chi connectivity index (χ0n) is 16.3. The number of hydrogen-bond acceptors (Lipinski definition) is 5. The monoisotopic (exact) mass is 416 g/mol. The molecule has 2 aromatic rings. The highest BCUT2D eigenvalue weighted by Gasteiger charge is 2.26. The predicted molar refractivity (Wildman–Crippen MR) is 108 cm³/mol. The smallest absolute Gasteiger partial charge is 0.339 e. The fourth-order valence-corrected chi connectivity index (χ4v) is 4.01. The fraction of sp³-hybridized carbons (Fsp3) is 0.333. The largest absolute Gasteiger partial charge is 0.449 e. The number of nitrogens with two attached hydrogens (primary N) is 1. The Morgan fingerprint density at radius 3 is 2.66 bits per heavy atom. The van der Waals surface area contributed by atoms with Gasteiger partial charge in [-0.05, 0) is 61.9 Å². The summed E-state index contributed by atoms with van der Waals surface area (Å²) in [6.07, 6.45) is 1.73. The summed E-state index contributed by atoms with van der Waals surface area (Å²) >= 11 is 0. The van der Waals surface area contributed by atoms with E-state index in [1.165, 1.54) is 24.6 Å². The van der Waals surface area contributed by atoms with E-state index in [1.807, 2.05) is 18.2 Å². The van der Waals surface area contributed by atoms with Crippen molar-refractivity contribution in [2.45, 2.75) is 50.2 Å². The van der Waals surface area contributed by atoms with Gasteiger partial charge in [0.25, 0.3) is 5.91 Å². The van der Waals surface area contributed by atoms with Gasteiger partial charge in [0, 0.05) is 0 Å². The normalized spacial score (nSPS) is 17.1. The lowest BCUT2D eigenvalue weighted by molar-refractivity contribution is -0.130. The Balaban J connectivity index is 1.70. The van der Waals surface area contributed by atoms with Gasteiger partial charge in [-0.1, -0.05) is 30.3 Å². The zero-order valence-corrected chi connectivity index (χ0v) is 17.2. The van der Waals surface area contributed by atoms with E-state index in [9.17, 15) is 18.0 Å². The SMILES string of the molecule is Cc1ccc(S(N)(=O)=O)cc1C(=O)O[C@@H](C)C(=O)N[C@@H]1CCCc2ccccc21. The molecule has 2 aromatic carbocycles. The van der Waals surface area contributed by atoms with E-state index in [2.05, 4.69) is 11.4 Å². The van der Waals surface area contributed by atoms with Crippen LogP contribution in [0.1, 0.15) is 52.9 Å². The van der Waals surface area contributed by atoms with E-state index in [0.29, 0.717) is 5.56 Å². The van der Waals surface area contributed by atoms with Crippen molar-refractivity contribution in [2.75, 3.05) is 0 Å². The van der Waals surface area contributed by atoms with E-state index in [4.69, 9.17) is 9.88 Å². The fourth-order valence-electron chi connectivity index (χ4n) is 3.47. The Kier molecular flexibility index (Phi) is 6.04. The number of sulfonamides is 1. The van der Waals surface area contributed by atoms with Crippen molar-refractivity contribution >= 4 is 21.9 Å². The number of nitrogens with one attached hydrogen (secondary N) is 1. The Labute approximate surface area is 170 Å². The molecule has 2 atom stereocenters. The van der Waals surface area contributed by atoms with Crippen molar-refractivity contribution < 1.29 is 22.7 Å². The maximum absolute atomic E-state index is 12.6. The first-order chi connectivity index (χ1) is 13.7. The first-order valence-electron chi connectivity index (χ1n) is 9.39. The molecule has 1 amide bonds. The molecule has 3 N–H and O–H groups in total. The van der Waals surface area contributed by atoms with Gasteiger partial charge in [0.1, 0.15) is 0 Å². The number of rotatable bonds is 5. The molecule has 0 saturated heterocycles. The Morgan fingerprint density at radius 1 is 1.21 bits per heavy atom. The van der Waals surface area contributed by atoms with Gasteiger partial charge in [-0.25, -0.2) is 18.4 Å². The first-order valence-corrected chi connectivity index (χ1v) is 10.9. The molecule has 0 bridgehead atoms. The molecular formula is C21H24N2O5S. The van der Waals surface area contributed by atoms with Crippen molar-refractivity contribution in [3.63, 3.8) is 0 Å². The predicted octanol–water partition coefficient (Wildman–Crippen LogP) is 2.38. The van der Waals surface area contributed by atoms with Crippen molar-refractivity contribution in [2.24, 2.45) is 5.14 Å². The summed E-state index contributed by atoms with van der Waals surface area (Å²) in [5, 5.41) is 8.07. The molecule has 0 aliphatic heterocycles. The van der Waals surface area contributed by atoms with Crippen LogP contribution in [0.15, 0.2) is 47.4 Å². The van der Waals surface area contributed by atoms with E-state index in [0.717, 1.165) is 30.9 Å². The Morgan fingerprint density at radius 2 is 1.93 bits per heavy atom. The summed E-state index contributed by atoms with van der Waals surface area (Å²) in [6, 6.07) is 11.8. The lowest BCUT2D eigenvalue weighted by Crippen LogP contribution is -2.39. The van der Waals surface area contributed by atoms with Gasteiger partial charge in [-0.15, -0.1) is 0 Å². The average Bonchev–Trinajstić information content (AvgIpc) is 2.67. The number of carbonyl (C=O) groups is 2. The van der Waals surface area contributed by atoms with Gasteiger partial charge < -0.3 is 10.1 Å². The summed E-state index contributed by atoms with van der Waals surface area (Å²) in [6.45, 7) is 3.13. The van der Waals surface area contributed by atoms with Gasteiger partial charge in [-0.2, -0.15) is 0 Å². The van der Waals surface area contributed by atoms with Gasteiger partial charge in [0.15, 0.2) is 6.10 Å². The molecule has 0 unspecified atom stereocenters. The van der Waals surface area contributed by atoms with Crippen molar-refractivity contribution in [3.8, 4) is 0 Å². The average molecular weight is 416 g/mol. The number of amides is 1. The van der Waals surface area contributed by atoms with Crippen LogP contribution in [-0.4, -0.2) is 26.4 Å². The quantitative estimate of drug-likeness (QED) is 0.726. The number of ether oxygens (including phenoxy) is 1. The van der Waals surface area contributed by atoms with E-state index >= 15 is 0 Å². The second-order valence-corrected chi connectivity index (χ2v) is 8.78. The summed E-state index contributed by atoms with van der Waals surface area (Å²) in [4.78, 5) is 24.9. The number of fused-ring (bicyclic) bond motifs is 1. The highest BCUT2D eigenvalue weighted by Crippen LogP contribution is 2.29. The molecule has 1 aliphatic carbocycles. The molecule has 29 heavy (non-hydrogen) atoms. The van der Waals surface area contributed by atoms with E-state index in [-0.39, 0.29) is 16.5 Å². The number of carbonyl (C=O) groups excluding carboxylic acids is 2. The molecule has 0 heterocycles. The molecular weight excluding hydrogens is 392 g/mol. The van der Waals surface area contributed by atoms with Crippen LogP contribution in [0.25, 0.3) is 0 Å². The Bertz CT molecular complexity index is 1050. The van der Waals surface area contributed by atoms with Crippen molar-refractivity contribution in [1.29, 1.82) is 0 Å². The van der Waals surface area contributed by atoms with Crippen LogP contribution in [0.3, 0.4) is 0 Å².